The molecule has 0 radical (unpaired) electrons. The van der Waals surface area contributed by atoms with Crippen LogP contribution < -0.4 is 10.2 Å². The van der Waals surface area contributed by atoms with E-state index in [1.165, 1.54) is 0 Å². The number of carbonyl (C=O) groups is 1. The quantitative estimate of drug-likeness (QED) is 0.360. The van der Waals surface area contributed by atoms with Crippen molar-refractivity contribution < 1.29 is 40.0 Å². The molecule has 0 spiro atoms. The van der Waals surface area contributed by atoms with Crippen molar-refractivity contribution in [2.24, 2.45) is 0 Å². The monoisotopic (exact) mass is 164 g/mol. The van der Waals surface area contributed by atoms with E-state index in [2.05, 4.69) is 0 Å². The molecule has 0 aliphatic rings. The van der Waals surface area contributed by atoms with Crippen molar-refractivity contribution in [1.29, 1.82) is 0 Å². The summed E-state index contributed by atoms with van der Waals surface area (Å²) < 4.78 is 0. The molecule has 0 unspecified atom stereocenters. The van der Waals surface area contributed by atoms with Crippen LogP contribution in [0.5, 0.6) is 0 Å². The van der Waals surface area contributed by atoms with Crippen molar-refractivity contribution in [3.8, 4) is 0 Å². The Bertz CT molecular complexity index is 34.7. The summed E-state index contributed by atoms with van der Waals surface area (Å²) in [5.41, 5.74) is 0. The van der Waals surface area contributed by atoms with Gasteiger partial charge in [-0.15, -0.1) is 0 Å². The normalized spacial score (nSPS) is 3.43. The Morgan fingerprint density at radius 3 is 1.29 bits per heavy atom. The van der Waals surface area contributed by atoms with Crippen LogP contribution in [-0.4, -0.2) is 29.2 Å². The molecule has 0 aliphatic carbocycles. The molecule has 0 fully saturated rings. The van der Waals surface area contributed by atoms with Gasteiger partial charge in [-0.25, -0.2) is 0 Å². The first kappa shape index (κ1) is 25.5. The number of carbonyl (C=O) groups excluding carboxylic acids is 1. The van der Waals surface area contributed by atoms with E-state index in [4.69, 9.17) is 15.0 Å². The minimum atomic E-state index is -2.33. The Morgan fingerprint density at radius 1 is 1.29 bits per heavy atom. The molecule has 32 valence electrons. The molecular weight excluding hydrogens is 166 g/mol. The number of carboxylic acid groups (broad SMARTS) is 2. The molecule has 0 N–H and O–H groups in total. The van der Waals surface area contributed by atoms with Gasteiger partial charge in [0.15, 0.2) is 0 Å². The zero-order chi connectivity index (χ0) is 3.58. The summed E-state index contributed by atoms with van der Waals surface area (Å²) in [6, 6.07) is 0. The van der Waals surface area contributed by atoms with E-state index < -0.39 is 6.16 Å². The Labute approximate surface area is 69.1 Å². The van der Waals surface area contributed by atoms with Gasteiger partial charge in [-0.05, 0) is 6.16 Å². The average Bonchev–Trinajstić information content (AvgIpc) is 0.811. The van der Waals surface area contributed by atoms with Gasteiger partial charge in [-0.1, -0.05) is 0 Å². The molecule has 7 heavy (non-hydrogen) atoms. The average molecular weight is 166 g/mol. The van der Waals surface area contributed by atoms with Gasteiger partial charge in [0.25, 0.3) is 0 Å². The second-order valence-corrected chi connectivity index (χ2v) is 0.250. The van der Waals surface area contributed by atoms with Gasteiger partial charge < -0.3 is 20.5 Å². The van der Waals surface area contributed by atoms with Crippen LogP contribution in [0.3, 0.4) is 0 Å². The standard InChI is InChI=1S/CH2O3.Mg.O.Zn/c2-1(3)4;;;/h(H2,2,3,4);;;/q;+2;-2;+2/p-2. The SMILES string of the molecule is O=C([O-])[O-].[Mg+2].[O-2].[Zn+2]. The fourth-order valence-corrected chi connectivity index (χ4v) is 0. The summed E-state index contributed by atoms with van der Waals surface area (Å²) in [7, 11) is 0. The van der Waals surface area contributed by atoms with Crippen LogP contribution in [-0.2, 0) is 25.0 Å². The van der Waals surface area contributed by atoms with Crippen LogP contribution in [0.15, 0.2) is 0 Å². The zero-order valence-electron chi connectivity index (χ0n) is 3.55. The maximum Gasteiger partial charge on any atom is 2.00 e. The molecule has 0 atom stereocenters. The van der Waals surface area contributed by atoms with Crippen LogP contribution >= 0.6 is 0 Å². The molecule has 0 rings (SSSR count). The largest absolute Gasteiger partial charge is 2.00 e. The summed E-state index contributed by atoms with van der Waals surface area (Å²) >= 11 is 0. The first-order valence-corrected chi connectivity index (χ1v) is 0.612. The second-order valence-electron chi connectivity index (χ2n) is 0.250. The molecule has 0 amide bonds. The van der Waals surface area contributed by atoms with Crippen molar-refractivity contribution >= 4 is 29.2 Å². The van der Waals surface area contributed by atoms with Crippen LogP contribution in [0.4, 0.5) is 4.79 Å². The van der Waals surface area contributed by atoms with Gasteiger partial charge in [0, 0.05) is 0 Å². The summed E-state index contributed by atoms with van der Waals surface area (Å²) in [5.74, 6) is 0. The van der Waals surface area contributed by atoms with Crippen molar-refractivity contribution in [3.63, 3.8) is 0 Å². The third-order valence-corrected chi connectivity index (χ3v) is 0. The van der Waals surface area contributed by atoms with E-state index in [1.807, 2.05) is 0 Å². The molecule has 6 heteroatoms. The third kappa shape index (κ3) is 368. The Morgan fingerprint density at radius 2 is 1.29 bits per heavy atom. The molecular formula is CMgO4Zn. The Hall–Kier alpha value is 0.620. The number of hydrogen-bond acceptors (Lipinski definition) is 3. The number of hydrogen-bond donors (Lipinski definition) is 0. The second kappa shape index (κ2) is 16.0. The van der Waals surface area contributed by atoms with Crippen LogP contribution in [0.25, 0.3) is 0 Å². The molecule has 4 nitrogen and oxygen atoms in total. The van der Waals surface area contributed by atoms with E-state index in [0.717, 1.165) is 0 Å². The van der Waals surface area contributed by atoms with Gasteiger partial charge in [0.1, 0.15) is 0 Å². The van der Waals surface area contributed by atoms with Gasteiger partial charge >= 0.3 is 42.5 Å². The summed E-state index contributed by atoms with van der Waals surface area (Å²) in [5, 5.41) is 16.7. The van der Waals surface area contributed by atoms with E-state index in [1.54, 1.807) is 0 Å². The topological polar surface area (TPSA) is 91.7 Å². The van der Waals surface area contributed by atoms with Crippen LogP contribution in [0.1, 0.15) is 0 Å². The molecule has 0 aromatic carbocycles. The van der Waals surface area contributed by atoms with Crippen molar-refractivity contribution in [2.75, 3.05) is 0 Å². The molecule has 0 aromatic heterocycles. The third-order valence-electron chi connectivity index (χ3n) is 0. The Kier molecular flexibility index (Phi) is 58.1. The van der Waals surface area contributed by atoms with Crippen LogP contribution in [0.2, 0.25) is 0 Å². The van der Waals surface area contributed by atoms with E-state index in [0.29, 0.717) is 0 Å². The van der Waals surface area contributed by atoms with Crippen molar-refractivity contribution in [3.05, 3.63) is 0 Å². The first-order chi connectivity index (χ1) is 1.73. The van der Waals surface area contributed by atoms with Gasteiger partial charge in [0.2, 0.25) is 0 Å². The number of rotatable bonds is 0. The van der Waals surface area contributed by atoms with Gasteiger partial charge in [-0.3, -0.25) is 0 Å². The molecule has 0 saturated heterocycles. The molecule has 0 heterocycles. The van der Waals surface area contributed by atoms with Gasteiger partial charge in [-0.2, -0.15) is 0 Å². The smallest absolute Gasteiger partial charge is 2.00 e. The van der Waals surface area contributed by atoms with Crippen LogP contribution in [0, 0.1) is 0 Å². The van der Waals surface area contributed by atoms with Crippen molar-refractivity contribution in [2.45, 2.75) is 0 Å². The van der Waals surface area contributed by atoms with Crippen molar-refractivity contribution in [1.82, 2.24) is 0 Å². The molecule has 0 bridgehead atoms. The van der Waals surface area contributed by atoms with E-state index >= 15 is 0 Å². The fraction of sp³-hybridized carbons (Fsp3) is 0. The first-order valence-electron chi connectivity index (χ1n) is 0.612. The molecule has 0 aromatic rings. The van der Waals surface area contributed by atoms with E-state index in [-0.39, 0.29) is 48.0 Å². The minimum absolute atomic E-state index is 0. The summed E-state index contributed by atoms with van der Waals surface area (Å²) in [6.07, 6.45) is -2.33. The molecule has 0 aliphatic heterocycles. The predicted molar refractivity (Wildman–Crippen MR) is 11.8 cm³/mol. The summed E-state index contributed by atoms with van der Waals surface area (Å²) in [4.78, 5) is 8.33. The maximum atomic E-state index is 8.33. The maximum absolute atomic E-state index is 8.33. The van der Waals surface area contributed by atoms with Gasteiger partial charge in [0.05, 0.1) is 0 Å². The van der Waals surface area contributed by atoms with E-state index in [9.17, 15) is 0 Å². The minimum Gasteiger partial charge on any atom is -2.00 e. The Balaban J connectivity index is -0.0000000150. The summed E-state index contributed by atoms with van der Waals surface area (Å²) in [6.45, 7) is 0. The fourth-order valence-electron chi connectivity index (χ4n) is 0. The predicted octanol–water partition coefficient (Wildman–Crippen LogP) is -2.95. The zero-order valence-corrected chi connectivity index (χ0v) is 7.93. The molecule has 0 saturated carbocycles.